The maximum absolute atomic E-state index is 12.2. The number of benzene rings is 1. The Kier molecular flexibility index (Phi) is 4.75. The highest BCUT2D eigenvalue weighted by molar-refractivity contribution is 5.48. The van der Waals surface area contributed by atoms with E-state index >= 15 is 0 Å². The first-order valence-corrected chi connectivity index (χ1v) is 6.70. The summed E-state index contributed by atoms with van der Waals surface area (Å²) < 4.78 is 42.3. The van der Waals surface area contributed by atoms with E-state index in [0.717, 1.165) is 25.7 Å². The molecule has 0 heterocycles. The van der Waals surface area contributed by atoms with Crippen molar-refractivity contribution in [3.05, 3.63) is 24.3 Å². The van der Waals surface area contributed by atoms with Crippen LogP contribution < -0.4 is 10.1 Å². The number of ether oxygens (including phenoxy) is 1. The second-order valence-corrected chi connectivity index (χ2v) is 4.99. The minimum absolute atomic E-state index is 0.200. The molecule has 1 fully saturated rings. The summed E-state index contributed by atoms with van der Waals surface area (Å²) in [6, 6.07) is 6.79. The molecule has 1 saturated carbocycles. The number of hydrogen-bond acceptors (Lipinski definition) is 3. The molecular weight excluding hydrogens is 271 g/mol. The monoisotopic (exact) mass is 289 g/mol. The Morgan fingerprint density at radius 2 is 2.00 bits per heavy atom. The van der Waals surface area contributed by atoms with Crippen LogP contribution in [0.2, 0.25) is 0 Å². The molecule has 2 rings (SSSR count). The summed E-state index contributed by atoms with van der Waals surface area (Å²) in [6.45, 7) is -0.573. The van der Waals surface area contributed by atoms with Crippen molar-refractivity contribution in [2.75, 3.05) is 11.9 Å². The van der Waals surface area contributed by atoms with Crippen molar-refractivity contribution >= 4 is 5.69 Å². The molecule has 1 aliphatic carbocycles. The van der Waals surface area contributed by atoms with Gasteiger partial charge in [0.1, 0.15) is 5.75 Å². The van der Waals surface area contributed by atoms with Crippen LogP contribution in [0.3, 0.4) is 0 Å². The fourth-order valence-corrected chi connectivity index (χ4v) is 2.21. The van der Waals surface area contributed by atoms with Crippen molar-refractivity contribution in [3.8, 4) is 5.75 Å². The number of nitrogens with one attached hydrogen (secondary N) is 1. The van der Waals surface area contributed by atoms with Gasteiger partial charge in [-0.25, -0.2) is 0 Å². The molecule has 20 heavy (non-hydrogen) atoms. The van der Waals surface area contributed by atoms with E-state index in [1.807, 2.05) is 0 Å². The van der Waals surface area contributed by atoms with Crippen molar-refractivity contribution in [3.63, 3.8) is 0 Å². The average Bonchev–Trinajstić information content (AvgIpc) is 2.88. The van der Waals surface area contributed by atoms with Crippen LogP contribution in [-0.4, -0.2) is 30.0 Å². The van der Waals surface area contributed by atoms with Crippen LogP contribution >= 0.6 is 0 Å². The van der Waals surface area contributed by atoms with Gasteiger partial charge in [0.15, 0.2) is 6.10 Å². The van der Waals surface area contributed by atoms with E-state index in [1.54, 1.807) is 24.3 Å². The van der Waals surface area contributed by atoms with Crippen LogP contribution in [0.4, 0.5) is 18.9 Å². The predicted molar refractivity (Wildman–Crippen MR) is 69.9 cm³/mol. The molecule has 112 valence electrons. The van der Waals surface area contributed by atoms with Crippen molar-refractivity contribution in [2.45, 2.75) is 44.1 Å². The van der Waals surface area contributed by atoms with Gasteiger partial charge in [-0.2, -0.15) is 13.2 Å². The number of aliphatic hydroxyl groups is 1. The van der Waals surface area contributed by atoms with Gasteiger partial charge in [-0.15, -0.1) is 0 Å². The van der Waals surface area contributed by atoms with E-state index in [-0.39, 0.29) is 6.10 Å². The molecule has 0 saturated heterocycles. The molecule has 0 amide bonds. The smallest absolute Gasteiger partial charge is 0.416 e. The molecular formula is C14H18F3NO2. The molecule has 2 N–H and O–H groups in total. The van der Waals surface area contributed by atoms with E-state index in [2.05, 4.69) is 5.32 Å². The van der Waals surface area contributed by atoms with Gasteiger partial charge in [0, 0.05) is 18.3 Å². The lowest BCUT2D eigenvalue weighted by atomic mass is 10.2. The zero-order valence-electron chi connectivity index (χ0n) is 11.0. The lowest BCUT2D eigenvalue weighted by Crippen LogP contribution is -2.34. The molecule has 1 atom stereocenters. The number of rotatable bonds is 5. The summed E-state index contributed by atoms with van der Waals surface area (Å²) in [5.74, 6) is 0.642. The highest BCUT2D eigenvalue weighted by Crippen LogP contribution is 2.26. The van der Waals surface area contributed by atoms with Crippen LogP contribution in [0.1, 0.15) is 25.7 Å². The number of hydrogen-bond donors (Lipinski definition) is 2. The molecule has 0 spiro atoms. The third kappa shape index (κ3) is 4.30. The summed E-state index contributed by atoms with van der Waals surface area (Å²) in [5, 5.41) is 11.5. The van der Waals surface area contributed by atoms with Crippen LogP contribution in [0.15, 0.2) is 24.3 Å². The Hall–Kier alpha value is -1.43. The quantitative estimate of drug-likeness (QED) is 0.873. The first-order valence-electron chi connectivity index (χ1n) is 6.70. The van der Waals surface area contributed by atoms with Crippen molar-refractivity contribution in [1.82, 2.24) is 0 Å². The minimum atomic E-state index is -4.61. The number of alkyl halides is 3. The summed E-state index contributed by atoms with van der Waals surface area (Å²) in [6.07, 6.45) is -2.44. The molecule has 6 heteroatoms. The first-order chi connectivity index (χ1) is 9.45. The zero-order chi connectivity index (χ0) is 14.6. The normalized spacial score (nSPS) is 18.0. The second-order valence-electron chi connectivity index (χ2n) is 4.99. The van der Waals surface area contributed by atoms with E-state index in [0.29, 0.717) is 11.4 Å². The van der Waals surface area contributed by atoms with Gasteiger partial charge in [-0.3, -0.25) is 0 Å². The highest BCUT2D eigenvalue weighted by atomic mass is 19.4. The molecule has 1 aromatic rings. The van der Waals surface area contributed by atoms with Crippen molar-refractivity contribution in [2.24, 2.45) is 0 Å². The fraction of sp³-hybridized carbons (Fsp3) is 0.571. The van der Waals surface area contributed by atoms with Crippen LogP contribution in [-0.2, 0) is 0 Å². The Morgan fingerprint density at radius 1 is 1.30 bits per heavy atom. The standard InChI is InChI=1S/C14H18F3NO2/c15-14(16,17)13(19)9-18-10-4-3-7-12(8-10)20-11-5-1-2-6-11/h3-4,7-8,11,13,18-19H,1-2,5-6,9H2. The van der Waals surface area contributed by atoms with E-state index in [1.165, 1.54) is 0 Å². The van der Waals surface area contributed by atoms with E-state index in [4.69, 9.17) is 9.84 Å². The Balaban J connectivity index is 1.89. The van der Waals surface area contributed by atoms with E-state index in [9.17, 15) is 13.2 Å². The lowest BCUT2D eigenvalue weighted by Gasteiger charge is -2.17. The molecule has 3 nitrogen and oxygen atoms in total. The molecule has 1 aliphatic rings. The lowest BCUT2D eigenvalue weighted by molar-refractivity contribution is -0.198. The summed E-state index contributed by atoms with van der Waals surface area (Å²) in [7, 11) is 0. The van der Waals surface area contributed by atoms with Crippen molar-refractivity contribution < 1.29 is 23.0 Å². The van der Waals surface area contributed by atoms with Gasteiger partial charge in [0.25, 0.3) is 0 Å². The number of aliphatic hydroxyl groups excluding tert-OH is 1. The van der Waals surface area contributed by atoms with Crippen LogP contribution in [0, 0.1) is 0 Å². The molecule has 1 unspecified atom stereocenters. The van der Waals surface area contributed by atoms with Gasteiger partial charge in [0.05, 0.1) is 6.10 Å². The highest BCUT2D eigenvalue weighted by Gasteiger charge is 2.37. The molecule has 0 radical (unpaired) electrons. The average molecular weight is 289 g/mol. The van der Waals surface area contributed by atoms with Crippen molar-refractivity contribution in [1.29, 1.82) is 0 Å². The summed E-state index contributed by atoms with van der Waals surface area (Å²) in [5.41, 5.74) is 0.504. The second kappa shape index (κ2) is 6.35. The van der Waals surface area contributed by atoms with Gasteiger partial charge in [0.2, 0.25) is 0 Å². The molecule has 0 aliphatic heterocycles. The zero-order valence-corrected chi connectivity index (χ0v) is 11.0. The van der Waals surface area contributed by atoms with Gasteiger partial charge >= 0.3 is 6.18 Å². The number of anilines is 1. The van der Waals surface area contributed by atoms with Gasteiger partial charge in [-0.05, 0) is 37.8 Å². The predicted octanol–water partition coefficient (Wildman–Crippen LogP) is 3.34. The topological polar surface area (TPSA) is 41.5 Å². The first kappa shape index (κ1) is 15.0. The third-order valence-electron chi connectivity index (χ3n) is 3.32. The van der Waals surface area contributed by atoms with Crippen LogP contribution in [0.25, 0.3) is 0 Å². The third-order valence-corrected chi connectivity index (χ3v) is 3.32. The summed E-state index contributed by atoms with van der Waals surface area (Å²) in [4.78, 5) is 0. The minimum Gasteiger partial charge on any atom is -0.490 e. The largest absolute Gasteiger partial charge is 0.490 e. The van der Waals surface area contributed by atoms with Gasteiger partial charge in [-0.1, -0.05) is 6.07 Å². The molecule has 0 aromatic heterocycles. The van der Waals surface area contributed by atoms with Gasteiger partial charge < -0.3 is 15.2 Å². The maximum Gasteiger partial charge on any atom is 0.416 e. The molecule has 1 aromatic carbocycles. The molecule has 0 bridgehead atoms. The number of halogens is 3. The Labute approximate surface area is 115 Å². The van der Waals surface area contributed by atoms with Crippen LogP contribution in [0.5, 0.6) is 5.75 Å². The Bertz CT molecular complexity index is 431. The SMILES string of the molecule is OC(CNc1cccc(OC2CCCC2)c1)C(F)(F)F. The Morgan fingerprint density at radius 3 is 2.65 bits per heavy atom. The maximum atomic E-state index is 12.2. The fourth-order valence-electron chi connectivity index (χ4n) is 2.21. The van der Waals surface area contributed by atoms with E-state index < -0.39 is 18.8 Å². The summed E-state index contributed by atoms with van der Waals surface area (Å²) >= 11 is 0.